The van der Waals surface area contributed by atoms with Crippen LogP contribution in [0.2, 0.25) is 0 Å². The minimum Gasteiger partial charge on any atom is -0.377 e. The Morgan fingerprint density at radius 2 is 1.95 bits per heavy atom. The molecule has 122 valence electrons. The molecule has 1 aromatic rings. The third-order valence-corrected chi connectivity index (χ3v) is 4.43. The summed E-state index contributed by atoms with van der Waals surface area (Å²) in [4.78, 5) is 0. The summed E-state index contributed by atoms with van der Waals surface area (Å²) in [5, 5.41) is 0. The Labute approximate surface area is 132 Å². The van der Waals surface area contributed by atoms with Gasteiger partial charge in [-0.25, -0.2) is 0 Å². The van der Waals surface area contributed by atoms with Crippen LogP contribution in [-0.2, 0) is 25.6 Å². The highest BCUT2D eigenvalue weighted by Crippen LogP contribution is 2.40. The lowest BCUT2D eigenvalue weighted by Crippen LogP contribution is -2.38. The first-order valence-corrected chi connectivity index (χ1v) is 8.37. The Balaban J connectivity index is 1.36. The maximum Gasteiger partial charge on any atom is 0.197 e. The zero-order valence-corrected chi connectivity index (χ0v) is 13.3. The van der Waals surface area contributed by atoms with Gasteiger partial charge in [0.25, 0.3) is 0 Å². The molecule has 4 nitrogen and oxygen atoms in total. The first-order chi connectivity index (χ1) is 10.8. The van der Waals surface area contributed by atoms with Crippen LogP contribution in [0.3, 0.4) is 0 Å². The van der Waals surface area contributed by atoms with Crippen molar-refractivity contribution < 1.29 is 18.9 Å². The average molecular weight is 306 g/mol. The van der Waals surface area contributed by atoms with Crippen molar-refractivity contribution in [2.24, 2.45) is 0 Å². The highest BCUT2D eigenvalue weighted by Gasteiger charge is 2.51. The summed E-state index contributed by atoms with van der Waals surface area (Å²) in [7, 11) is 0. The van der Waals surface area contributed by atoms with Crippen LogP contribution in [0, 0.1) is 0 Å². The third-order valence-electron chi connectivity index (χ3n) is 4.43. The zero-order valence-electron chi connectivity index (χ0n) is 13.3. The van der Waals surface area contributed by atoms with E-state index in [0.717, 1.165) is 32.3 Å². The van der Waals surface area contributed by atoms with E-state index < -0.39 is 5.79 Å². The van der Waals surface area contributed by atoms with Crippen molar-refractivity contribution in [1.29, 1.82) is 0 Å². The zero-order chi connectivity index (χ0) is 15.3. The molecule has 2 fully saturated rings. The topological polar surface area (TPSA) is 36.9 Å². The summed E-state index contributed by atoms with van der Waals surface area (Å²) in [6.07, 6.45) is 4.09. The first-order valence-electron chi connectivity index (χ1n) is 8.37. The summed E-state index contributed by atoms with van der Waals surface area (Å²) in [6, 6.07) is 10.3. The van der Waals surface area contributed by atoms with Gasteiger partial charge in [0.05, 0.1) is 25.9 Å². The van der Waals surface area contributed by atoms with Crippen molar-refractivity contribution in [2.45, 2.75) is 57.2 Å². The fourth-order valence-corrected chi connectivity index (χ4v) is 3.36. The Bertz CT molecular complexity index is 442. The molecule has 2 saturated heterocycles. The summed E-state index contributed by atoms with van der Waals surface area (Å²) < 4.78 is 23.5. The molecule has 2 aliphatic rings. The highest BCUT2D eigenvalue weighted by atomic mass is 16.8. The minimum absolute atomic E-state index is 0.0743. The minimum atomic E-state index is -0.468. The van der Waals surface area contributed by atoms with Crippen molar-refractivity contribution in [3.05, 3.63) is 35.9 Å². The van der Waals surface area contributed by atoms with E-state index in [1.165, 1.54) is 5.56 Å². The molecule has 0 N–H and O–H groups in total. The standard InChI is InChI=1S/C18H26O4/c1-2-17-18(20-11-12-21-18)13-16(22-17)9-6-10-19-14-15-7-4-3-5-8-15/h3-5,7-8,16-17H,2,6,9-14H2,1H3/t16-,17+/m1/s1. The number of benzene rings is 1. The van der Waals surface area contributed by atoms with Gasteiger partial charge in [-0.05, 0) is 24.8 Å². The molecule has 0 radical (unpaired) electrons. The second-order valence-electron chi connectivity index (χ2n) is 6.05. The van der Waals surface area contributed by atoms with Crippen LogP contribution in [0.1, 0.15) is 38.2 Å². The van der Waals surface area contributed by atoms with Crippen LogP contribution in [0.15, 0.2) is 30.3 Å². The number of hydrogen-bond acceptors (Lipinski definition) is 4. The van der Waals surface area contributed by atoms with Crippen LogP contribution in [-0.4, -0.2) is 37.8 Å². The Morgan fingerprint density at radius 1 is 1.18 bits per heavy atom. The SMILES string of the molecule is CC[C@@H]1O[C@H](CCCOCc2ccccc2)CC12OCCO2. The molecule has 0 unspecified atom stereocenters. The van der Waals surface area contributed by atoms with Crippen molar-refractivity contribution in [2.75, 3.05) is 19.8 Å². The lowest BCUT2D eigenvalue weighted by atomic mass is 10.0. The lowest BCUT2D eigenvalue weighted by Gasteiger charge is -2.26. The summed E-state index contributed by atoms with van der Waals surface area (Å²) in [5.74, 6) is -0.468. The van der Waals surface area contributed by atoms with Crippen LogP contribution in [0.5, 0.6) is 0 Å². The molecule has 1 aromatic carbocycles. The summed E-state index contributed by atoms with van der Waals surface area (Å²) >= 11 is 0. The van der Waals surface area contributed by atoms with E-state index in [0.29, 0.717) is 19.8 Å². The van der Waals surface area contributed by atoms with Crippen molar-refractivity contribution in [3.8, 4) is 0 Å². The molecule has 0 aromatic heterocycles. The molecule has 0 amide bonds. The molecular formula is C18H26O4. The van der Waals surface area contributed by atoms with Crippen molar-refractivity contribution in [1.82, 2.24) is 0 Å². The van der Waals surface area contributed by atoms with Gasteiger partial charge < -0.3 is 18.9 Å². The number of hydrogen-bond donors (Lipinski definition) is 0. The van der Waals surface area contributed by atoms with Gasteiger partial charge in [-0.15, -0.1) is 0 Å². The molecule has 2 atom stereocenters. The van der Waals surface area contributed by atoms with E-state index in [4.69, 9.17) is 18.9 Å². The highest BCUT2D eigenvalue weighted by molar-refractivity contribution is 5.13. The maximum atomic E-state index is 6.11. The van der Waals surface area contributed by atoms with Crippen LogP contribution in [0.4, 0.5) is 0 Å². The van der Waals surface area contributed by atoms with Gasteiger partial charge in [-0.1, -0.05) is 37.3 Å². The molecular weight excluding hydrogens is 280 g/mol. The smallest absolute Gasteiger partial charge is 0.197 e. The first kappa shape index (κ1) is 15.9. The van der Waals surface area contributed by atoms with Gasteiger partial charge >= 0.3 is 0 Å². The van der Waals surface area contributed by atoms with E-state index in [9.17, 15) is 0 Å². The van der Waals surface area contributed by atoms with Gasteiger partial charge in [0.1, 0.15) is 6.10 Å². The number of rotatable bonds is 7. The van der Waals surface area contributed by atoms with Gasteiger partial charge in [0.2, 0.25) is 0 Å². The summed E-state index contributed by atoms with van der Waals surface area (Å²) in [6.45, 7) is 4.95. The Morgan fingerprint density at radius 3 is 2.68 bits per heavy atom. The molecule has 3 rings (SSSR count). The second kappa shape index (κ2) is 7.55. The number of ether oxygens (including phenoxy) is 4. The monoisotopic (exact) mass is 306 g/mol. The van der Waals surface area contributed by atoms with E-state index in [2.05, 4.69) is 19.1 Å². The fourth-order valence-electron chi connectivity index (χ4n) is 3.36. The normalized spacial score (nSPS) is 26.8. The summed E-state index contributed by atoms with van der Waals surface area (Å²) in [5.41, 5.74) is 1.22. The van der Waals surface area contributed by atoms with Crippen LogP contribution in [0.25, 0.3) is 0 Å². The molecule has 0 bridgehead atoms. The molecule has 0 aliphatic carbocycles. The van der Waals surface area contributed by atoms with Gasteiger partial charge in [-0.3, -0.25) is 0 Å². The van der Waals surface area contributed by atoms with E-state index in [1.807, 2.05) is 18.2 Å². The van der Waals surface area contributed by atoms with Gasteiger partial charge in [0, 0.05) is 13.0 Å². The Hall–Kier alpha value is -0.940. The van der Waals surface area contributed by atoms with Crippen molar-refractivity contribution >= 4 is 0 Å². The van der Waals surface area contributed by atoms with Crippen LogP contribution >= 0.6 is 0 Å². The molecule has 2 heterocycles. The van der Waals surface area contributed by atoms with Crippen molar-refractivity contribution in [3.63, 3.8) is 0 Å². The molecule has 1 spiro atoms. The quantitative estimate of drug-likeness (QED) is 0.724. The molecule has 2 aliphatic heterocycles. The third kappa shape index (κ3) is 3.69. The van der Waals surface area contributed by atoms with E-state index in [-0.39, 0.29) is 12.2 Å². The maximum absolute atomic E-state index is 6.11. The fraction of sp³-hybridized carbons (Fsp3) is 0.667. The largest absolute Gasteiger partial charge is 0.377 e. The Kier molecular flexibility index (Phi) is 5.47. The van der Waals surface area contributed by atoms with Crippen LogP contribution < -0.4 is 0 Å². The van der Waals surface area contributed by atoms with E-state index >= 15 is 0 Å². The van der Waals surface area contributed by atoms with E-state index in [1.54, 1.807) is 0 Å². The van der Waals surface area contributed by atoms with Gasteiger partial charge in [0.15, 0.2) is 5.79 Å². The lowest BCUT2D eigenvalue weighted by molar-refractivity contribution is -0.190. The average Bonchev–Trinajstić information content (AvgIpc) is 3.16. The van der Waals surface area contributed by atoms with Gasteiger partial charge in [-0.2, -0.15) is 0 Å². The predicted molar refractivity (Wildman–Crippen MR) is 83.5 cm³/mol. The molecule has 4 heteroatoms. The molecule has 0 saturated carbocycles. The predicted octanol–water partition coefficient (Wildman–Crippen LogP) is 3.29. The molecule has 22 heavy (non-hydrogen) atoms. The second-order valence-corrected chi connectivity index (χ2v) is 6.05.